The molecule has 0 aromatic rings. The SMILES string of the molecule is CC(C)CCCCCCCCCCCCCCCCC(=O)NC(CCC(=O)NCCOCCOCC(=O)NCCOCCOCC(=O)NCC(=O)O)C(=O)O. The molecule has 0 spiro atoms. The molecule has 0 aliphatic heterocycles. The first-order chi connectivity index (χ1) is 26.5. The largest absolute Gasteiger partial charge is 0.480 e. The number of carbonyl (C=O) groups is 6. The lowest BCUT2D eigenvalue weighted by atomic mass is 10.0. The molecule has 16 nitrogen and oxygen atoms in total. The number of carboxylic acid groups (broad SMARTS) is 2. The fraction of sp³-hybridized carbons (Fsp3) is 0.846. The molecule has 6 N–H and O–H groups in total. The van der Waals surface area contributed by atoms with E-state index in [0.717, 1.165) is 25.2 Å². The van der Waals surface area contributed by atoms with Gasteiger partial charge in [0.15, 0.2) is 0 Å². The normalized spacial score (nSPS) is 11.6. The Bertz CT molecular complexity index is 1030. The third-order valence-corrected chi connectivity index (χ3v) is 8.51. The van der Waals surface area contributed by atoms with Gasteiger partial charge in [0.25, 0.3) is 0 Å². The molecule has 4 amide bonds. The van der Waals surface area contributed by atoms with Crippen LogP contribution < -0.4 is 21.3 Å². The third kappa shape index (κ3) is 38.7. The first-order valence-electron chi connectivity index (χ1n) is 20.4. The van der Waals surface area contributed by atoms with Crippen LogP contribution in [0.15, 0.2) is 0 Å². The summed E-state index contributed by atoms with van der Waals surface area (Å²) in [6.45, 7) is 5.23. The van der Waals surface area contributed by atoms with Gasteiger partial charge in [-0.1, -0.05) is 104 Å². The Morgan fingerprint density at radius 1 is 0.473 bits per heavy atom. The number of unbranched alkanes of at least 4 members (excludes halogenated alkanes) is 13. The second kappa shape index (κ2) is 37.6. The lowest BCUT2D eigenvalue weighted by Crippen LogP contribution is -2.41. The average Bonchev–Trinajstić information content (AvgIpc) is 3.14. The molecular weight excluding hydrogens is 716 g/mol. The molecule has 0 bridgehead atoms. The van der Waals surface area contributed by atoms with Crippen LogP contribution in [-0.4, -0.2) is 124 Å². The third-order valence-electron chi connectivity index (χ3n) is 8.51. The molecule has 320 valence electrons. The van der Waals surface area contributed by atoms with E-state index in [1.807, 2.05) is 0 Å². The van der Waals surface area contributed by atoms with Gasteiger partial charge in [0.1, 0.15) is 25.8 Å². The topological polar surface area (TPSA) is 228 Å². The van der Waals surface area contributed by atoms with Crippen molar-refractivity contribution in [1.82, 2.24) is 21.3 Å². The second-order valence-corrected chi connectivity index (χ2v) is 14.1. The highest BCUT2D eigenvalue weighted by Gasteiger charge is 2.20. The summed E-state index contributed by atoms with van der Waals surface area (Å²) in [5.74, 6) is -3.03. The van der Waals surface area contributed by atoms with E-state index in [4.69, 9.17) is 24.1 Å². The maximum Gasteiger partial charge on any atom is 0.326 e. The van der Waals surface area contributed by atoms with E-state index in [0.29, 0.717) is 6.42 Å². The number of carboxylic acids is 2. The zero-order valence-corrected chi connectivity index (χ0v) is 33.6. The Balaban J connectivity index is 3.66. The maximum atomic E-state index is 12.3. The lowest BCUT2D eigenvalue weighted by Gasteiger charge is -2.14. The van der Waals surface area contributed by atoms with E-state index < -0.39 is 30.4 Å². The van der Waals surface area contributed by atoms with Crippen LogP contribution in [0.1, 0.15) is 129 Å². The predicted molar refractivity (Wildman–Crippen MR) is 207 cm³/mol. The number of ether oxygens (including phenoxy) is 4. The quantitative estimate of drug-likeness (QED) is 0.0489. The van der Waals surface area contributed by atoms with Crippen LogP contribution in [0.4, 0.5) is 0 Å². The Hall–Kier alpha value is -3.34. The first-order valence-corrected chi connectivity index (χ1v) is 20.4. The van der Waals surface area contributed by atoms with Crippen molar-refractivity contribution in [2.45, 2.75) is 135 Å². The lowest BCUT2D eigenvalue weighted by molar-refractivity contribution is -0.142. The molecule has 0 saturated carbocycles. The predicted octanol–water partition coefficient (Wildman–Crippen LogP) is 3.73. The Morgan fingerprint density at radius 3 is 1.38 bits per heavy atom. The molecular formula is C39H72N4O12. The van der Waals surface area contributed by atoms with Gasteiger partial charge in [-0.05, 0) is 18.8 Å². The first kappa shape index (κ1) is 51.7. The summed E-state index contributed by atoms with van der Waals surface area (Å²) in [7, 11) is 0. The summed E-state index contributed by atoms with van der Waals surface area (Å²) >= 11 is 0. The van der Waals surface area contributed by atoms with Crippen LogP contribution in [0.2, 0.25) is 0 Å². The van der Waals surface area contributed by atoms with Gasteiger partial charge in [-0.25, -0.2) is 4.79 Å². The summed E-state index contributed by atoms with van der Waals surface area (Å²) in [5.41, 5.74) is 0. The van der Waals surface area contributed by atoms with Crippen LogP contribution in [-0.2, 0) is 47.7 Å². The van der Waals surface area contributed by atoms with Crippen molar-refractivity contribution in [3.05, 3.63) is 0 Å². The summed E-state index contributed by atoms with van der Waals surface area (Å²) in [5, 5.41) is 27.9. The smallest absolute Gasteiger partial charge is 0.326 e. The van der Waals surface area contributed by atoms with Gasteiger partial charge in [-0.15, -0.1) is 0 Å². The van der Waals surface area contributed by atoms with Gasteiger partial charge in [-0.2, -0.15) is 0 Å². The minimum atomic E-state index is -1.17. The minimum absolute atomic E-state index is 0.0137. The number of carbonyl (C=O) groups excluding carboxylic acids is 4. The van der Waals surface area contributed by atoms with Crippen LogP contribution in [0, 0.1) is 5.92 Å². The fourth-order valence-corrected chi connectivity index (χ4v) is 5.42. The number of aliphatic carboxylic acids is 2. The second-order valence-electron chi connectivity index (χ2n) is 14.1. The highest BCUT2D eigenvalue weighted by atomic mass is 16.5. The van der Waals surface area contributed by atoms with E-state index in [9.17, 15) is 33.9 Å². The van der Waals surface area contributed by atoms with Crippen molar-refractivity contribution in [1.29, 1.82) is 0 Å². The summed E-state index contributed by atoms with van der Waals surface area (Å²) < 4.78 is 20.9. The number of amides is 4. The molecule has 0 saturated heterocycles. The fourth-order valence-electron chi connectivity index (χ4n) is 5.42. The van der Waals surface area contributed by atoms with E-state index in [2.05, 4.69) is 35.1 Å². The van der Waals surface area contributed by atoms with E-state index in [1.54, 1.807) is 0 Å². The number of rotatable bonds is 40. The summed E-state index contributed by atoms with van der Waals surface area (Å²) in [6.07, 6.45) is 18.7. The molecule has 0 aliphatic rings. The molecule has 0 aliphatic carbocycles. The Kier molecular flexibility index (Phi) is 35.3. The van der Waals surface area contributed by atoms with Crippen LogP contribution >= 0.6 is 0 Å². The number of nitrogens with one attached hydrogen (secondary N) is 4. The van der Waals surface area contributed by atoms with Gasteiger partial charge < -0.3 is 50.4 Å². The van der Waals surface area contributed by atoms with Gasteiger partial charge in [0.2, 0.25) is 23.6 Å². The molecule has 0 fully saturated rings. The van der Waals surface area contributed by atoms with Gasteiger partial charge in [0.05, 0.1) is 39.6 Å². The standard InChI is InChI=1S/C39H72N4O12/c1-32(2)17-15-13-11-9-7-5-3-4-6-8-10-12-14-16-18-35(45)43-33(39(50)51)19-20-34(44)40-21-23-52-25-27-54-30-36(46)41-22-24-53-26-28-55-31-37(47)42-29-38(48)49/h32-33H,3-31H2,1-2H3,(H,40,44)(H,41,46)(H,42,47)(H,43,45)(H,48,49)(H,50,51). The number of hydrogen-bond acceptors (Lipinski definition) is 10. The summed E-state index contributed by atoms with van der Waals surface area (Å²) in [6, 6.07) is -1.12. The van der Waals surface area contributed by atoms with Crippen molar-refractivity contribution >= 4 is 35.6 Å². The molecule has 0 radical (unpaired) electrons. The van der Waals surface area contributed by atoms with Crippen molar-refractivity contribution < 1.29 is 57.9 Å². The van der Waals surface area contributed by atoms with Crippen LogP contribution in [0.3, 0.4) is 0 Å². The number of hydrogen-bond donors (Lipinski definition) is 6. The highest BCUT2D eigenvalue weighted by molar-refractivity contribution is 5.84. The Morgan fingerprint density at radius 2 is 0.909 bits per heavy atom. The molecule has 1 unspecified atom stereocenters. The molecule has 0 aromatic heterocycles. The minimum Gasteiger partial charge on any atom is -0.480 e. The molecule has 1 atom stereocenters. The maximum absolute atomic E-state index is 12.3. The van der Waals surface area contributed by atoms with E-state index in [1.165, 1.54) is 70.6 Å². The van der Waals surface area contributed by atoms with Crippen molar-refractivity contribution in [2.24, 2.45) is 5.92 Å². The molecule has 0 rings (SSSR count). The summed E-state index contributed by atoms with van der Waals surface area (Å²) in [4.78, 5) is 69.5. The van der Waals surface area contributed by atoms with Gasteiger partial charge >= 0.3 is 11.9 Å². The zero-order valence-electron chi connectivity index (χ0n) is 33.6. The molecule has 0 aromatic carbocycles. The van der Waals surface area contributed by atoms with Crippen molar-refractivity contribution in [3.8, 4) is 0 Å². The van der Waals surface area contributed by atoms with Crippen molar-refractivity contribution in [2.75, 3.05) is 72.5 Å². The van der Waals surface area contributed by atoms with Crippen molar-refractivity contribution in [3.63, 3.8) is 0 Å². The molecule has 0 heterocycles. The molecule has 16 heteroatoms. The average molecular weight is 789 g/mol. The van der Waals surface area contributed by atoms with Gasteiger partial charge in [-0.3, -0.25) is 24.0 Å². The zero-order chi connectivity index (χ0) is 40.8. The van der Waals surface area contributed by atoms with Crippen LogP contribution in [0.5, 0.6) is 0 Å². The van der Waals surface area contributed by atoms with Gasteiger partial charge in [0, 0.05) is 25.9 Å². The van der Waals surface area contributed by atoms with Crippen LogP contribution in [0.25, 0.3) is 0 Å². The highest BCUT2D eigenvalue weighted by Crippen LogP contribution is 2.15. The molecule has 55 heavy (non-hydrogen) atoms. The monoisotopic (exact) mass is 789 g/mol. The Labute approximate surface area is 328 Å². The van der Waals surface area contributed by atoms with E-state index >= 15 is 0 Å². The van der Waals surface area contributed by atoms with E-state index in [-0.39, 0.29) is 103 Å².